The molecule has 0 aliphatic rings. The van der Waals surface area contributed by atoms with E-state index >= 15 is 0 Å². The Balaban J connectivity index is 2.81. The van der Waals surface area contributed by atoms with Crippen LogP contribution >= 0.6 is 11.6 Å². The first-order valence-electron chi connectivity index (χ1n) is 6.10. The minimum Gasteiger partial charge on any atom is -0.465 e. The summed E-state index contributed by atoms with van der Waals surface area (Å²) >= 11 is 6.00. The number of nitrogens with one attached hydrogen (secondary N) is 1. The van der Waals surface area contributed by atoms with Gasteiger partial charge < -0.3 is 14.5 Å². The van der Waals surface area contributed by atoms with Crippen molar-refractivity contribution >= 4 is 34.4 Å². The first-order valence-corrected chi connectivity index (χ1v) is 6.48. The lowest BCUT2D eigenvalue weighted by molar-refractivity contribution is 0.0523. The molecule has 2 rings (SSSR count). The lowest BCUT2D eigenvalue weighted by atomic mass is 10.1. The summed E-state index contributed by atoms with van der Waals surface area (Å²) in [6, 6.07) is 2.84. The largest absolute Gasteiger partial charge is 0.465 e. The Labute approximate surface area is 124 Å². The average Bonchev–Trinajstić information content (AvgIpc) is 2.47. The summed E-state index contributed by atoms with van der Waals surface area (Å²) in [6.07, 6.45) is 1.22. The molecule has 0 fully saturated rings. The second-order valence-corrected chi connectivity index (χ2v) is 4.50. The van der Waals surface area contributed by atoms with Gasteiger partial charge in [-0.3, -0.25) is 4.79 Å². The lowest BCUT2D eigenvalue weighted by Crippen LogP contribution is -2.20. The van der Waals surface area contributed by atoms with Gasteiger partial charge in [-0.2, -0.15) is 0 Å². The number of halogens is 1. The summed E-state index contributed by atoms with van der Waals surface area (Å²) in [7, 11) is 1.20. The maximum absolute atomic E-state index is 12.5. The van der Waals surface area contributed by atoms with Crippen LogP contribution in [0.25, 0.3) is 10.9 Å². The van der Waals surface area contributed by atoms with Crippen molar-refractivity contribution in [2.45, 2.75) is 6.92 Å². The molecule has 0 bridgehead atoms. The van der Waals surface area contributed by atoms with Gasteiger partial charge in [-0.1, -0.05) is 11.6 Å². The first-order chi connectivity index (χ1) is 10.0. The van der Waals surface area contributed by atoms with Crippen molar-refractivity contribution in [3.63, 3.8) is 0 Å². The van der Waals surface area contributed by atoms with Crippen molar-refractivity contribution in [3.05, 3.63) is 44.7 Å². The predicted octanol–water partition coefficient (Wildman–Crippen LogP) is 2.14. The fraction of sp³-hybridized carbons (Fsp3) is 0.214. The van der Waals surface area contributed by atoms with Gasteiger partial charge in [0.25, 0.3) is 0 Å². The minimum atomic E-state index is -0.767. The molecule has 1 heterocycles. The van der Waals surface area contributed by atoms with E-state index < -0.39 is 17.4 Å². The van der Waals surface area contributed by atoms with Gasteiger partial charge in [0.1, 0.15) is 5.56 Å². The molecule has 0 spiro atoms. The molecule has 0 saturated heterocycles. The molecule has 1 aromatic carbocycles. The van der Waals surface area contributed by atoms with Crippen LogP contribution in [-0.4, -0.2) is 30.6 Å². The third-order valence-corrected chi connectivity index (χ3v) is 3.20. The number of aromatic nitrogens is 1. The zero-order chi connectivity index (χ0) is 15.6. The Morgan fingerprint density at radius 3 is 2.57 bits per heavy atom. The van der Waals surface area contributed by atoms with Gasteiger partial charge in [-0.25, -0.2) is 9.59 Å². The summed E-state index contributed by atoms with van der Waals surface area (Å²) in [5.41, 5.74) is -0.538. The molecule has 0 radical (unpaired) electrons. The molecular weight excluding hydrogens is 298 g/mol. The molecule has 2 aromatic rings. The third-order valence-electron chi connectivity index (χ3n) is 2.89. The number of aromatic amines is 1. The van der Waals surface area contributed by atoms with E-state index in [1.54, 1.807) is 6.92 Å². The van der Waals surface area contributed by atoms with E-state index in [1.807, 2.05) is 0 Å². The van der Waals surface area contributed by atoms with Gasteiger partial charge in [0.15, 0.2) is 0 Å². The molecule has 0 unspecified atom stereocenters. The Morgan fingerprint density at radius 1 is 1.24 bits per heavy atom. The van der Waals surface area contributed by atoms with Gasteiger partial charge in [0.05, 0.1) is 35.2 Å². The van der Waals surface area contributed by atoms with Gasteiger partial charge in [-0.15, -0.1) is 0 Å². The molecule has 1 N–H and O–H groups in total. The van der Waals surface area contributed by atoms with Crippen LogP contribution in [0.1, 0.15) is 27.6 Å². The van der Waals surface area contributed by atoms with Crippen molar-refractivity contribution in [2.24, 2.45) is 0 Å². The molecule has 7 heteroatoms. The number of carbonyl (C=O) groups excluding carboxylic acids is 2. The van der Waals surface area contributed by atoms with E-state index in [4.69, 9.17) is 16.3 Å². The van der Waals surface area contributed by atoms with Crippen molar-refractivity contribution in [1.82, 2.24) is 4.98 Å². The second-order valence-electron chi connectivity index (χ2n) is 4.09. The molecule has 6 nitrogen and oxygen atoms in total. The molecule has 110 valence electrons. The molecule has 21 heavy (non-hydrogen) atoms. The number of pyridine rings is 1. The smallest absolute Gasteiger partial charge is 0.343 e. The van der Waals surface area contributed by atoms with Crippen molar-refractivity contribution in [2.75, 3.05) is 13.7 Å². The number of esters is 2. The summed E-state index contributed by atoms with van der Waals surface area (Å²) < 4.78 is 9.44. The number of benzene rings is 1. The monoisotopic (exact) mass is 309 g/mol. The van der Waals surface area contributed by atoms with Crippen LogP contribution in [0.15, 0.2) is 23.1 Å². The molecule has 0 atom stereocenters. The topological polar surface area (TPSA) is 85.5 Å². The van der Waals surface area contributed by atoms with E-state index in [1.165, 1.54) is 25.4 Å². The zero-order valence-corrected chi connectivity index (χ0v) is 12.1. The van der Waals surface area contributed by atoms with E-state index in [-0.39, 0.29) is 33.7 Å². The van der Waals surface area contributed by atoms with Gasteiger partial charge in [0.2, 0.25) is 5.43 Å². The van der Waals surface area contributed by atoms with E-state index in [2.05, 4.69) is 9.72 Å². The van der Waals surface area contributed by atoms with Crippen LogP contribution in [0.5, 0.6) is 0 Å². The number of methoxy groups -OCH3 is 1. The van der Waals surface area contributed by atoms with Gasteiger partial charge in [0, 0.05) is 6.20 Å². The third kappa shape index (κ3) is 2.62. The maximum atomic E-state index is 12.5. The van der Waals surface area contributed by atoms with Crippen LogP contribution < -0.4 is 5.43 Å². The van der Waals surface area contributed by atoms with Crippen LogP contribution in [0.4, 0.5) is 0 Å². The van der Waals surface area contributed by atoms with Crippen LogP contribution in [0, 0.1) is 0 Å². The molecule has 0 saturated carbocycles. The number of fused-ring (bicyclic) bond motifs is 1. The van der Waals surface area contributed by atoms with E-state index in [0.717, 1.165) is 0 Å². The van der Waals surface area contributed by atoms with Crippen molar-refractivity contribution < 1.29 is 19.1 Å². The lowest BCUT2D eigenvalue weighted by Gasteiger charge is -2.08. The molecular formula is C14H12ClNO5. The minimum absolute atomic E-state index is 0.0000898. The Kier molecular flexibility index (Phi) is 4.28. The number of ether oxygens (including phenoxy) is 2. The van der Waals surface area contributed by atoms with E-state index in [0.29, 0.717) is 0 Å². The average molecular weight is 310 g/mol. The van der Waals surface area contributed by atoms with E-state index in [9.17, 15) is 14.4 Å². The Bertz CT molecular complexity index is 781. The SMILES string of the molecule is CCOC(=O)c1c[nH]c2c(Cl)ccc(C(=O)OC)c2c1=O. The summed E-state index contributed by atoms with van der Waals surface area (Å²) in [4.78, 5) is 38.7. The molecule has 0 aliphatic heterocycles. The first kappa shape index (κ1) is 15.1. The highest BCUT2D eigenvalue weighted by Crippen LogP contribution is 2.23. The number of rotatable bonds is 3. The zero-order valence-electron chi connectivity index (χ0n) is 11.4. The second kappa shape index (κ2) is 5.97. The molecule has 1 aromatic heterocycles. The summed E-state index contributed by atoms with van der Waals surface area (Å²) in [6.45, 7) is 1.76. The highest BCUT2D eigenvalue weighted by atomic mass is 35.5. The van der Waals surface area contributed by atoms with Crippen LogP contribution in [0.2, 0.25) is 5.02 Å². The molecule has 0 aliphatic carbocycles. The number of carbonyl (C=O) groups is 2. The maximum Gasteiger partial charge on any atom is 0.343 e. The fourth-order valence-electron chi connectivity index (χ4n) is 1.94. The quantitative estimate of drug-likeness (QED) is 0.878. The van der Waals surface area contributed by atoms with Gasteiger partial charge in [-0.05, 0) is 19.1 Å². The highest BCUT2D eigenvalue weighted by Gasteiger charge is 2.20. The Hall–Kier alpha value is -2.34. The highest BCUT2D eigenvalue weighted by molar-refractivity contribution is 6.35. The normalized spacial score (nSPS) is 10.4. The van der Waals surface area contributed by atoms with Crippen LogP contribution in [0.3, 0.4) is 0 Å². The predicted molar refractivity (Wildman–Crippen MR) is 76.9 cm³/mol. The van der Waals surface area contributed by atoms with Crippen molar-refractivity contribution in [3.8, 4) is 0 Å². The number of hydrogen-bond donors (Lipinski definition) is 1. The fourth-order valence-corrected chi connectivity index (χ4v) is 2.15. The number of hydrogen-bond acceptors (Lipinski definition) is 5. The van der Waals surface area contributed by atoms with Gasteiger partial charge >= 0.3 is 11.9 Å². The standard InChI is InChI=1S/C14H12ClNO5/c1-3-21-14(19)8-6-16-11-9(15)5-4-7(13(18)20-2)10(11)12(8)17/h4-6H,3H2,1-2H3,(H,16,17). The Morgan fingerprint density at radius 2 is 1.95 bits per heavy atom. The van der Waals surface area contributed by atoms with Crippen LogP contribution in [-0.2, 0) is 9.47 Å². The number of H-pyrrole nitrogens is 1. The summed E-state index contributed by atoms with van der Waals surface area (Å²) in [5, 5.41) is 0.255. The summed E-state index contributed by atoms with van der Waals surface area (Å²) in [5.74, 6) is -1.46. The molecule has 0 amide bonds. The van der Waals surface area contributed by atoms with Crippen molar-refractivity contribution in [1.29, 1.82) is 0 Å².